The Balaban J connectivity index is 2.21. The summed E-state index contributed by atoms with van der Waals surface area (Å²) in [7, 11) is 3.49. The summed E-state index contributed by atoms with van der Waals surface area (Å²) in [6, 6.07) is 9.34. The van der Waals surface area contributed by atoms with Crippen molar-refractivity contribution in [1.29, 1.82) is 0 Å². The molecule has 0 spiro atoms. The molecule has 5 heteroatoms. The van der Waals surface area contributed by atoms with Gasteiger partial charge in [0.05, 0.1) is 12.7 Å². The SMILES string of the molecule is CNc1cccc(OC)c1COc1cccnc1Cl. The highest BCUT2D eigenvalue weighted by Crippen LogP contribution is 2.29. The number of nitrogens with zero attached hydrogens (tertiary/aromatic N) is 1. The summed E-state index contributed by atoms with van der Waals surface area (Å²) in [4.78, 5) is 3.97. The molecule has 0 unspecified atom stereocenters. The van der Waals surface area contributed by atoms with Gasteiger partial charge in [-0.1, -0.05) is 17.7 Å². The molecule has 1 aromatic heterocycles. The largest absolute Gasteiger partial charge is 0.496 e. The number of rotatable bonds is 5. The fraction of sp³-hybridized carbons (Fsp3) is 0.214. The van der Waals surface area contributed by atoms with Crippen molar-refractivity contribution in [3.63, 3.8) is 0 Å². The number of hydrogen-bond acceptors (Lipinski definition) is 4. The number of hydrogen-bond donors (Lipinski definition) is 1. The standard InChI is InChI=1S/C14H15ClN2O2/c1-16-11-5-3-6-12(18-2)10(11)9-19-13-7-4-8-17-14(13)15/h3-8,16H,9H2,1-2H3. The molecular weight excluding hydrogens is 264 g/mol. The first kappa shape index (κ1) is 13.5. The van der Waals surface area contributed by atoms with Crippen molar-refractivity contribution in [2.24, 2.45) is 0 Å². The van der Waals surface area contributed by atoms with Gasteiger partial charge in [0.2, 0.25) is 0 Å². The molecule has 0 saturated heterocycles. The van der Waals surface area contributed by atoms with Gasteiger partial charge in [0.1, 0.15) is 12.4 Å². The maximum Gasteiger partial charge on any atom is 0.171 e. The fourth-order valence-corrected chi connectivity index (χ4v) is 1.94. The zero-order valence-corrected chi connectivity index (χ0v) is 11.6. The van der Waals surface area contributed by atoms with Crippen molar-refractivity contribution in [3.05, 3.63) is 47.2 Å². The van der Waals surface area contributed by atoms with Crippen molar-refractivity contribution in [2.75, 3.05) is 19.5 Å². The molecule has 100 valence electrons. The summed E-state index contributed by atoms with van der Waals surface area (Å²) in [6.45, 7) is 0.353. The highest BCUT2D eigenvalue weighted by atomic mass is 35.5. The summed E-state index contributed by atoms with van der Waals surface area (Å²) < 4.78 is 11.0. The summed E-state index contributed by atoms with van der Waals surface area (Å²) >= 11 is 5.95. The zero-order valence-electron chi connectivity index (χ0n) is 10.8. The van der Waals surface area contributed by atoms with Crippen LogP contribution in [-0.2, 0) is 6.61 Å². The van der Waals surface area contributed by atoms with E-state index in [4.69, 9.17) is 21.1 Å². The van der Waals surface area contributed by atoms with Crippen LogP contribution in [0.25, 0.3) is 0 Å². The van der Waals surface area contributed by atoms with E-state index in [1.807, 2.05) is 25.2 Å². The zero-order chi connectivity index (χ0) is 13.7. The Kier molecular flexibility index (Phi) is 4.47. The van der Waals surface area contributed by atoms with Crippen LogP contribution in [0.2, 0.25) is 5.15 Å². The molecular formula is C14H15ClN2O2. The van der Waals surface area contributed by atoms with E-state index in [2.05, 4.69) is 10.3 Å². The van der Waals surface area contributed by atoms with Crippen LogP contribution in [0.4, 0.5) is 5.69 Å². The van der Waals surface area contributed by atoms with E-state index in [0.717, 1.165) is 17.0 Å². The molecule has 0 bridgehead atoms. The minimum atomic E-state index is 0.350. The highest BCUT2D eigenvalue weighted by Gasteiger charge is 2.10. The molecule has 2 rings (SSSR count). The molecule has 4 nitrogen and oxygen atoms in total. The van der Waals surface area contributed by atoms with Crippen LogP contribution in [0, 0.1) is 0 Å². The van der Waals surface area contributed by atoms with E-state index in [1.165, 1.54) is 0 Å². The lowest BCUT2D eigenvalue weighted by atomic mass is 10.1. The lowest BCUT2D eigenvalue weighted by Crippen LogP contribution is -2.03. The van der Waals surface area contributed by atoms with Gasteiger partial charge in [-0.3, -0.25) is 0 Å². The summed E-state index contributed by atoms with van der Waals surface area (Å²) in [5.41, 5.74) is 1.90. The second-order valence-corrected chi connectivity index (χ2v) is 4.18. The summed E-state index contributed by atoms with van der Waals surface area (Å²) in [5, 5.41) is 3.46. The van der Waals surface area contributed by atoms with Crippen LogP contribution in [0.1, 0.15) is 5.56 Å². The minimum Gasteiger partial charge on any atom is -0.496 e. The van der Waals surface area contributed by atoms with Crippen molar-refractivity contribution in [3.8, 4) is 11.5 Å². The lowest BCUT2D eigenvalue weighted by molar-refractivity contribution is 0.296. The van der Waals surface area contributed by atoms with Crippen LogP contribution in [0.15, 0.2) is 36.5 Å². The number of halogens is 1. The van der Waals surface area contributed by atoms with E-state index >= 15 is 0 Å². The third kappa shape index (κ3) is 3.09. The van der Waals surface area contributed by atoms with Crippen LogP contribution in [0.5, 0.6) is 11.5 Å². The Morgan fingerprint density at radius 3 is 2.68 bits per heavy atom. The molecule has 0 fully saturated rings. The Hall–Kier alpha value is -1.94. The topological polar surface area (TPSA) is 43.4 Å². The Morgan fingerprint density at radius 2 is 2.00 bits per heavy atom. The third-order valence-corrected chi connectivity index (χ3v) is 3.00. The Bertz CT molecular complexity index is 539. The Labute approximate surface area is 117 Å². The number of methoxy groups -OCH3 is 1. The molecule has 0 aliphatic heterocycles. The second kappa shape index (κ2) is 6.29. The quantitative estimate of drug-likeness (QED) is 0.852. The second-order valence-electron chi connectivity index (χ2n) is 3.82. The van der Waals surface area contributed by atoms with Gasteiger partial charge >= 0.3 is 0 Å². The van der Waals surface area contributed by atoms with Crippen molar-refractivity contribution in [2.45, 2.75) is 6.61 Å². The fourth-order valence-electron chi connectivity index (χ4n) is 1.77. The van der Waals surface area contributed by atoms with Gasteiger partial charge in [0.15, 0.2) is 10.9 Å². The van der Waals surface area contributed by atoms with Crippen LogP contribution < -0.4 is 14.8 Å². The summed E-state index contributed by atoms with van der Waals surface area (Å²) in [5.74, 6) is 1.32. The molecule has 0 atom stereocenters. The monoisotopic (exact) mass is 278 g/mol. The number of anilines is 1. The molecule has 0 radical (unpaired) electrons. The van der Waals surface area contributed by atoms with E-state index in [9.17, 15) is 0 Å². The molecule has 0 aliphatic carbocycles. The normalized spacial score (nSPS) is 10.1. The van der Waals surface area contributed by atoms with Gasteiger partial charge in [-0.25, -0.2) is 4.98 Å². The van der Waals surface area contributed by atoms with E-state index in [-0.39, 0.29) is 0 Å². The highest BCUT2D eigenvalue weighted by molar-refractivity contribution is 6.30. The van der Waals surface area contributed by atoms with E-state index in [0.29, 0.717) is 17.5 Å². The average Bonchev–Trinajstić information content (AvgIpc) is 2.46. The number of ether oxygens (including phenoxy) is 2. The number of benzene rings is 1. The van der Waals surface area contributed by atoms with Gasteiger partial charge in [0.25, 0.3) is 0 Å². The minimum absolute atomic E-state index is 0.350. The average molecular weight is 279 g/mol. The molecule has 0 amide bonds. The first-order valence-corrected chi connectivity index (χ1v) is 6.21. The number of nitrogens with one attached hydrogen (secondary N) is 1. The van der Waals surface area contributed by atoms with Gasteiger partial charge < -0.3 is 14.8 Å². The van der Waals surface area contributed by atoms with Gasteiger partial charge in [-0.15, -0.1) is 0 Å². The predicted octanol–water partition coefficient (Wildman–Crippen LogP) is 3.36. The van der Waals surface area contributed by atoms with Crippen molar-refractivity contribution in [1.82, 2.24) is 4.98 Å². The van der Waals surface area contributed by atoms with E-state index < -0.39 is 0 Å². The Morgan fingerprint density at radius 1 is 1.21 bits per heavy atom. The molecule has 19 heavy (non-hydrogen) atoms. The maximum absolute atomic E-state index is 5.95. The molecule has 2 aromatic rings. The molecule has 0 saturated carbocycles. The van der Waals surface area contributed by atoms with Crippen molar-refractivity contribution >= 4 is 17.3 Å². The number of pyridine rings is 1. The number of aromatic nitrogens is 1. The van der Waals surface area contributed by atoms with Crippen LogP contribution >= 0.6 is 11.6 Å². The molecule has 1 heterocycles. The predicted molar refractivity (Wildman–Crippen MR) is 76.1 cm³/mol. The van der Waals surface area contributed by atoms with Crippen LogP contribution in [-0.4, -0.2) is 19.1 Å². The summed E-state index contributed by atoms with van der Waals surface area (Å²) in [6.07, 6.45) is 1.62. The van der Waals surface area contributed by atoms with Crippen molar-refractivity contribution < 1.29 is 9.47 Å². The third-order valence-electron chi connectivity index (χ3n) is 2.72. The smallest absolute Gasteiger partial charge is 0.171 e. The lowest BCUT2D eigenvalue weighted by Gasteiger charge is -2.14. The maximum atomic E-state index is 5.95. The van der Waals surface area contributed by atoms with Gasteiger partial charge in [0, 0.05) is 18.9 Å². The van der Waals surface area contributed by atoms with Crippen LogP contribution in [0.3, 0.4) is 0 Å². The molecule has 0 aliphatic rings. The molecule has 1 aromatic carbocycles. The molecule has 1 N–H and O–H groups in total. The first-order chi connectivity index (χ1) is 9.26. The van der Waals surface area contributed by atoms with Gasteiger partial charge in [-0.05, 0) is 24.3 Å². The first-order valence-electron chi connectivity index (χ1n) is 5.83. The van der Waals surface area contributed by atoms with Gasteiger partial charge in [-0.2, -0.15) is 0 Å². The van der Waals surface area contributed by atoms with E-state index in [1.54, 1.807) is 25.4 Å².